The lowest BCUT2D eigenvalue weighted by molar-refractivity contribution is 0.0241. The smallest absolute Gasteiger partial charge is 0.109 e. The molecule has 3 heteroatoms. The first kappa shape index (κ1) is 9.88. The molecular weight excluding hydrogens is 128 g/mol. The molecule has 0 bridgehead atoms. The minimum atomic E-state index is -0.462. The van der Waals surface area contributed by atoms with E-state index in [4.69, 9.17) is 5.73 Å². The first-order chi connectivity index (χ1) is 4.54. The van der Waals surface area contributed by atoms with Crippen LogP contribution in [0.25, 0.3) is 0 Å². The summed E-state index contributed by atoms with van der Waals surface area (Å²) in [7, 11) is 1.74. The number of aliphatic hydroxyl groups is 1. The maximum atomic E-state index is 9.35. The molecule has 0 spiro atoms. The van der Waals surface area contributed by atoms with Gasteiger partial charge in [-0.1, -0.05) is 13.8 Å². The summed E-state index contributed by atoms with van der Waals surface area (Å²) in [5.41, 5.74) is 5.25. The van der Waals surface area contributed by atoms with Crippen molar-refractivity contribution in [3.8, 4) is 0 Å². The van der Waals surface area contributed by atoms with Crippen LogP contribution < -0.4 is 11.1 Å². The van der Waals surface area contributed by atoms with Crippen LogP contribution in [0.3, 0.4) is 0 Å². The molecule has 0 fully saturated rings. The maximum Gasteiger partial charge on any atom is 0.109 e. The molecule has 0 aliphatic heterocycles. The van der Waals surface area contributed by atoms with Gasteiger partial charge in [0.05, 0.1) is 0 Å². The van der Waals surface area contributed by atoms with Gasteiger partial charge >= 0.3 is 0 Å². The van der Waals surface area contributed by atoms with Gasteiger partial charge in [0.2, 0.25) is 0 Å². The van der Waals surface area contributed by atoms with Gasteiger partial charge in [-0.15, -0.1) is 0 Å². The fourth-order valence-corrected chi connectivity index (χ4v) is 0.899. The van der Waals surface area contributed by atoms with Gasteiger partial charge in [-0.05, 0) is 20.0 Å². The van der Waals surface area contributed by atoms with Crippen molar-refractivity contribution in [1.82, 2.24) is 5.32 Å². The van der Waals surface area contributed by atoms with Crippen LogP contribution in [0.1, 0.15) is 20.3 Å². The van der Waals surface area contributed by atoms with E-state index in [1.807, 2.05) is 13.8 Å². The van der Waals surface area contributed by atoms with Crippen molar-refractivity contribution < 1.29 is 5.11 Å². The van der Waals surface area contributed by atoms with Crippen LogP contribution in [-0.4, -0.2) is 24.9 Å². The van der Waals surface area contributed by atoms with Crippen molar-refractivity contribution >= 4 is 0 Å². The molecule has 0 saturated carbocycles. The molecule has 10 heavy (non-hydrogen) atoms. The zero-order valence-corrected chi connectivity index (χ0v) is 7.02. The predicted molar refractivity (Wildman–Crippen MR) is 42.5 cm³/mol. The Morgan fingerprint density at radius 2 is 2.10 bits per heavy atom. The topological polar surface area (TPSA) is 58.3 Å². The lowest BCUT2D eigenvalue weighted by atomic mass is 9.87. The number of nitrogens with one attached hydrogen (secondary N) is 1. The second-order valence-electron chi connectivity index (χ2n) is 3.22. The van der Waals surface area contributed by atoms with Crippen molar-refractivity contribution in [1.29, 1.82) is 0 Å². The SMILES string of the molecule is CNC(O)C(C)(C)CCN. The third-order valence-electron chi connectivity index (χ3n) is 1.80. The molecule has 0 rings (SSSR count). The Morgan fingerprint density at radius 1 is 1.60 bits per heavy atom. The van der Waals surface area contributed by atoms with Gasteiger partial charge in [0.1, 0.15) is 6.23 Å². The van der Waals surface area contributed by atoms with E-state index < -0.39 is 6.23 Å². The van der Waals surface area contributed by atoms with Crippen molar-refractivity contribution in [2.75, 3.05) is 13.6 Å². The molecule has 62 valence electrons. The summed E-state index contributed by atoms with van der Waals surface area (Å²) in [5.74, 6) is 0. The van der Waals surface area contributed by atoms with Crippen LogP contribution in [0.15, 0.2) is 0 Å². The normalized spacial score (nSPS) is 15.3. The molecule has 0 aromatic heterocycles. The van der Waals surface area contributed by atoms with Gasteiger partial charge in [0.15, 0.2) is 0 Å². The van der Waals surface area contributed by atoms with E-state index in [9.17, 15) is 5.11 Å². The summed E-state index contributed by atoms with van der Waals surface area (Å²) in [6.45, 7) is 4.59. The highest BCUT2D eigenvalue weighted by Gasteiger charge is 2.24. The van der Waals surface area contributed by atoms with E-state index in [0.29, 0.717) is 6.54 Å². The molecular formula is C7H18N2O. The quantitative estimate of drug-likeness (QED) is 0.485. The van der Waals surface area contributed by atoms with Crippen LogP contribution in [0, 0.1) is 5.41 Å². The summed E-state index contributed by atoms with van der Waals surface area (Å²) in [6.07, 6.45) is 0.366. The van der Waals surface area contributed by atoms with E-state index in [-0.39, 0.29) is 5.41 Å². The van der Waals surface area contributed by atoms with E-state index in [2.05, 4.69) is 5.32 Å². The Bertz CT molecular complexity index is 93.6. The van der Waals surface area contributed by atoms with E-state index in [0.717, 1.165) is 6.42 Å². The van der Waals surface area contributed by atoms with Gasteiger partial charge in [-0.2, -0.15) is 0 Å². The molecule has 0 aliphatic carbocycles. The second kappa shape index (κ2) is 3.91. The average Bonchev–Trinajstić information content (AvgIpc) is 1.86. The van der Waals surface area contributed by atoms with Gasteiger partial charge in [0, 0.05) is 5.41 Å². The maximum absolute atomic E-state index is 9.35. The lowest BCUT2D eigenvalue weighted by Gasteiger charge is -2.29. The van der Waals surface area contributed by atoms with Crippen molar-refractivity contribution in [2.45, 2.75) is 26.5 Å². The standard InChI is InChI=1S/C7H18N2O/c1-7(2,4-5-8)6(10)9-3/h6,9-10H,4-5,8H2,1-3H3. The Balaban J connectivity index is 3.82. The number of aliphatic hydroxyl groups excluding tert-OH is 1. The van der Waals surface area contributed by atoms with Crippen molar-refractivity contribution in [3.05, 3.63) is 0 Å². The van der Waals surface area contributed by atoms with E-state index in [1.165, 1.54) is 0 Å². The molecule has 0 saturated heterocycles. The molecule has 0 aliphatic rings. The van der Waals surface area contributed by atoms with E-state index >= 15 is 0 Å². The Kier molecular flexibility index (Phi) is 3.86. The number of hydrogen-bond acceptors (Lipinski definition) is 3. The molecule has 0 radical (unpaired) electrons. The molecule has 4 N–H and O–H groups in total. The predicted octanol–water partition coefficient (Wildman–Crippen LogP) is -0.101. The van der Waals surface area contributed by atoms with Crippen LogP contribution in [-0.2, 0) is 0 Å². The minimum Gasteiger partial charge on any atom is -0.378 e. The lowest BCUT2D eigenvalue weighted by Crippen LogP contribution is -2.40. The second-order valence-corrected chi connectivity index (χ2v) is 3.22. The first-order valence-electron chi connectivity index (χ1n) is 3.60. The third-order valence-corrected chi connectivity index (χ3v) is 1.80. The molecule has 0 aromatic carbocycles. The van der Waals surface area contributed by atoms with Crippen LogP contribution in [0.5, 0.6) is 0 Å². The highest BCUT2D eigenvalue weighted by Crippen LogP contribution is 2.22. The largest absolute Gasteiger partial charge is 0.378 e. The fourth-order valence-electron chi connectivity index (χ4n) is 0.899. The number of rotatable bonds is 4. The van der Waals surface area contributed by atoms with Crippen molar-refractivity contribution in [3.63, 3.8) is 0 Å². The average molecular weight is 146 g/mol. The third kappa shape index (κ3) is 2.64. The minimum absolute atomic E-state index is 0.122. The molecule has 1 unspecified atom stereocenters. The summed E-state index contributed by atoms with van der Waals surface area (Å²) in [4.78, 5) is 0. The summed E-state index contributed by atoms with van der Waals surface area (Å²) in [5, 5.41) is 12.1. The number of hydrogen-bond donors (Lipinski definition) is 3. The van der Waals surface area contributed by atoms with Crippen LogP contribution in [0.2, 0.25) is 0 Å². The van der Waals surface area contributed by atoms with Gasteiger partial charge in [0.25, 0.3) is 0 Å². The van der Waals surface area contributed by atoms with Gasteiger partial charge in [-0.25, -0.2) is 0 Å². The van der Waals surface area contributed by atoms with Gasteiger partial charge in [-0.3, -0.25) is 5.32 Å². The Morgan fingerprint density at radius 3 is 2.40 bits per heavy atom. The highest BCUT2D eigenvalue weighted by atomic mass is 16.3. The van der Waals surface area contributed by atoms with Crippen LogP contribution >= 0.6 is 0 Å². The zero-order valence-electron chi connectivity index (χ0n) is 7.02. The summed E-state index contributed by atoms with van der Waals surface area (Å²) in [6, 6.07) is 0. The highest BCUT2D eigenvalue weighted by molar-refractivity contribution is 4.74. The first-order valence-corrected chi connectivity index (χ1v) is 3.60. The molecule has 1 atom stereocenters. The molecule has 0 aromatic rings. The number of nitrogens with two attached hydrogens (primary N) is 1. The monoisotopic (exact) mass is 146 g/mol. The summed E-state index contributed by atoms with van der Waals surface area (Å²) >= 11 is 0. The Hall–Kier alpha value is -0.120. The Labute approximate surface area is 62.6 Å². The zero-order chi connectivity index (χ0) is 8.20. The molecule has 3 nitrogen and oxygen atoms in total. The fraction of sp³-hybridized carbons (Fsp3) is 1.00. The van der Waals surface area contributed by atoms with Crippen molar-refractivity contribution in [2.24, 2.45) is 11.1 Å². The molecule has 0 heterocycles. The van der Waals surface area contributed by atoms with Crippen LogP contribution in [0.4, 0.5) is 0 Å². The van der Waals surface area contributed by atoms with E-state index in [1.54, 1.807) is 7.05 Å². The summed E-state index contributed by atoms with van der Waals surface area (Å²) < 4.78 is 0. The van der Waals surface area contributed by atoms with Gasteiger partial charge < -0.3 is 10.8 Å². The molecule has 0 amide bonds.